The highest BCUT2D eigenvalue weighted by molar-refractivity contribution is 5.94. The fraction of sp³-hybridized carbons (Fsp3) is 0.192. The van der Waals surface area contributed by atoms with Crippen LogP contribution in [-0.2, 0) is 13.1 Å². The molecule has 2 aromatic carbocycles. The molecule has 7 heteroatoms. The smallest absolute Gasteiger partial charge is 0.268 e. The zero-order valence-electron chi connectivity index (χ0n) is 17.8. The average Bonchev–Trinajstić information content (AvgIpc) is 3.56. The average molecular weight is 444 g/mol. The Morgan fingerprint density at radius 3 is 2.39 bits per heavy atom. The molecule has 1 aliphatic carbocycles. The SMILES string of the molecule is O=C(NCc1ccc(F)c(F)c1)c1cc(-c2cnc(-c3ccccc3)nc2)cn1CC1CC1. The highest BCUT2D eigenvalue weighted by Crippen LogP contribution is 2.32. The van der Waals surface area contributed by atoms with E-state index in [-0.39, 0.29) is 12.5 Å². The maximum absolute atomic E-state index is 13.5. The molecule has 0 unspecified atom stereocenters. The maximum Gasteiger partial charge on any atom is 0.268 e. The van der Waals surface area contributed by atoms with Crippen LogP contribution in [0.4, 0.5) is 8.78 Å². The van der Waals surface area contributed by atoms with Crippen molar-refractivity contribution in [3.05, 3.63) is 96.1 Å². The first-order chi connectivity index (χ1) is 16.1. The Balaban J connectivity index is 1.36. The van der Waals surface area contributed by atoms with E-state index in [1.54, 1.807) is 12.4 Å². The van der Waals surface area contributed by atoms with Crippen LogP contribution in [0.2, 0.25) is 0 Å². The molecule has 0 atom stereocenters. The fourth-order valence-corrected chi connectivity index (χ4v) is 3.72. The van der Waals surface area contributed by atoms with E-state index in [9.17, 15) is 13.6 Å². The summed E-state index contributed by atoms with van der Waals surface area (Å²) < 4.78 is 28.6. The van der Waals surface area contributed by atoms with E-state index in [0.29, 0.717) is 23.0 Å². The number of carbonyl (C=O) groups is 1. The minimum absolute atomic E-state index is 0.106. The number of nitrogens with zero attached hydrogens (tertiary/aromatic N) is 3. The number of carbonyl (C=O) groups excluding carboxylic acids is 1. The van der Waals surface area contributed by atoms with Gasteiger partial charge >= 0.3 is 0 Å². The van der Waals surface area contributed by atoms with E-state index in [0.717, 1.165) is 48.2 Å². The van der Waals surface area contributed by atoms with Gasteiger partial charge in [0, 0.05) is 48.4 Å². The topological polar surface area (TPSA) is 59.8 Å². The lowest BCUT2D eigenvalue weighted by Gasteiger charge is -2.09. The van der Waals surface area contributed by atoms with E-state index in [1.807, 2.05) is 47.2 Å². The highest BCUT2D eigenvalue weighted by Gasteiger charge is 2.24. The molecule has 1 amide bonds. The van der Waals surface area contributed by atoms with Gasteiger partial charge in [0.1, 0.15) is 5.69 Å². The zero-order chi connectivity index (χ0) is 22.8. The number of amides is 1. The van der Waals surface area contributed by atoms with Crippen molar-refractivity contribution >= 4 is 5.91 Å². The summed E-state index contributed by atoms with van der Waals surface area (Å²) >= 11 is 0. The molecule has 1 aliphatic rings. The standard InChI is InChI=1S/C26H22F2N4O/c27-22-9-8-18(10-23(22)28)12-31-26(33)24-11-20(16-32(24)15-17-6-7-17)21-13-29-25(30-14-21)19-4-2-1-3-5-19/h1-5,8-11,13-14,16-17H,6-7,12,15H2,(H,31,33). The van der Waals surface area contributed by atoms with Gasteiger partial charge in [-0.05, 0) is 42.5 Å². The summed E-state index contributed by atoms with van der Waals surface area (Å²) in [6.07, 6.45) is 7.77. The van der Waals surface area contributed by atoms with E-state index in [1.165, 1.54) is 6.07 Å². The Kier molecular flexibility index (Phi) is 5.69. The second-order valence-corrected chi connectivity index (χ2v) is 8.30. The minimum Gasteiger partial charge on any atom is -0.347 e. The van der Waals surface area contributed by atoms with Gasteiger partial charge in [-0.3, -0.25) is 4.79 Å². The molecular weight excluding hydrogens is 422 g/mol. The Morgan fingerprint density at radius 1 is 0.939 bits per heavy atom. The quantitative estimate of drug-likeness (QED) is 0.425. The highest BCUT2D eigenvalue weighted by atomic mass is 19.2. The fourth-order valence-electron chi connectivity index (χ4n) is 3.72. The van der Waals surface area contributed by atoms with Gasteiger partial charge in [-0.1, -0.05) is 36.4 Å². The molecule has 1 N–H and O–H groups in total. The molecule has 2 aromatic heterocycles. The molecule has 0 saturated heterocycles. The van der Waals surface area contributed by atoms with E-state index < -0.39 is 11.6 Å². The van der Waals surface area contributed by atoms with Gasteiger partial charge in [-0.25, -0.2) is 18.7 Å². The van der Waals surface area contributed by atoms with Crippen LogP contribution in [0.1, 0.15) is 28.9 Å². The third-order valence-corrected chi connectivity index (χ3v) is 5.74. The van der Waals surface area contributed by atoms with E-state index in [4.69, 9.17) is 0 Å². The number of aromatic nitrogens is 3. The number of hydrogen-bond donors (Lipinski definition) is 1. The minimum atomic E-state index is -0.930. The largest absolute Gasteiger partial charge is 0.347 e. The van der Waals surface area contributed by atoms with Gasteiger partial charge in [0.25, 0.3) is 5.91 Å². The predicted octanol–water partition coefficient (Wildman–Crippen LogP) is 5.23. The molecule has 0 spiro atoms. The van der Waals surface area contributed by atoms with Crippen molar-refractivity contribution in [2.75, 3.05) is 0 Å². The number of halogens is 2. The molecule has 5 nitrogen and oxygen atoms in total. The predicted molar refractivity (Wildman–Crippen MR) is 121 cm³/mol. The summed E-state index contributed by atoms with van der Waals surface area (Å²) in [4.78, 5) is 21.9. The Morgan fingerprint density at radius 2 is 1.70 bits per heavy atom. The van der Waals surface area contributed by atoms with Gasteiger partial charge in [0.05, 0.1) is 0 Å². The van der Waals surface area contributed by atoms with Crippen LogP contribution in [0.25, 0.3) is 22.5 Å². The maximum atomic E-state index is 13.5. The lowest BCUT2D eigenvalue weighted by atomic mass is 10.1. The summed E-state index contributed by atoms with van der Waals surface area (Å²) in [5.41, 5.74) is 3.62. The summed E-state index contributed by atoms with van der Waals surface area (Å²) in [5, 5.41) is 2.81. The third kappa shape index (κ3) is 4.82. The molecule has 1 fully saturated rings. The van der Waals surface area contributed by atoms with Crippen LogP contribution in [0.3, 0.4) is 0 Å². The van der Waals surface area contributed by atoms with Gasteiger partial charge in [0.2, 0.25) is 0 Å². The first-order valence-corrected chi connectivity index (χ1v) is 10.9. The lowest BCUT2D eigenvalue weighted by molar-refractivity contribution is 0.0941. The first kappa shape index (κ1) is 21.0. The molecule has 4 aromatic rings. The molecule has 2 heterocycles. The monoisotopic (exact) mass is 444 g/mol. The third-order valence-electron chi connectivity index (χ3n) is 5.74. The Bertz CT molecular complexity index is 1280. The summed E-state index contributed by atoms with van der Waals surface area (Å²) in [6.45, 7) is 0.867. The Labute approximate surface area is 190 Å². The van der Waals surface area contributed by atoms with Gasteiger partial charge < -0.3 is 9.88 Å². The van der Waals surface area contributed by atoms with Gasteiger partial charge in [-0.15, -0.1) is 0 Å². The van der Waals surface area contributed by atoms with Crippen LogP contribution in [0, 0.1) is 17.6 Å². The molecule has 0 aliphatic heterocycles. The number of nitrogens with one attached hydrogen (secondary N) is 1. The number of rotatable bonds is 7. The van der Waals surface area contributed by atoms with Crippen molar-refractivity contribution in [2.24, 2.45) is 5.92 Å². The van der Waals surface area contributed by atoms with Crippen LogP contribution in [0.5, 0.6) is 0 Å². The second kappa shape index (κ2) is 8.94. The van der Waals surface area contributed by atoms with E-state index >= 15 is 0 Å². The van der Waals surface area contributed by atoms with Crippen LogP contribution < -0.4 is 5.32 Å². The van der Waals surface area contributed by atoms with Crippen molar-refractivity contribution in [2.45, 2.75) is 25.9 Å². The summed E-state index contributed by atoms with van der Waals surface area (Å²) in [7, 11) is 0. The van der Waals surface area contributed by atoms with Crippen LogP contribution in [0.15, 0.2) is 73.2 Å². The molecular formula is C26H22F2N4O. The zero-order valence-corrected chi connectivity index (χ0v) is 17.8. The van der Waals surface area contributed by atoms with Crippen molar-refractivity contribution in [1.82, 2.24) is 19.9 Å². The van der Waals surface area contributed by atoms with Gasteiger partial charge in [-0.2, -0.15) is 0 Å². The van der Waals surface area contributed by atoms with Crippen LogP contribution in [-0.4, -0.2) is 20.4 Å². The molecule has 1 saturated carbocycles. The molecule has 5 rings (SSSR count). The van der Waals surface area contributed by atoms with Crippen molar-refractivity contribution in [3.8, 4) is 22.5 Å². The summed E-state index contributed by atoms with van der Waals surface area (Å²) in [6, 6.07) is 15.2. The molecule has 166 valence electrons. The molecule has 0 radical (unpaired) electrons. The van der Waals surface area contributed by atoms with Gasteiger partial charge in [0.15, 0.2) is 17.5 Å². The van der Waals surface area contributed by atoms with Crippen molar-refractivity contribution in [3.63, 3.8) is 0 Å². The molecule has 0 bridgehead atoms. The van der Waals surface area contributed by atoms with Crippen molar-refractivity contribution in [1.29, 1.82) is 0 Å². The number of hydrogen-bond acceptors (Lipinski definition) is 3. The first-order valence-electron chi connectivity index (χ1n) is 10.9. The van der Waals surface area contributed by atoms with Crippen molar-refractivity contribution < 1.29 is 13.6 Å². The Hall–Kier alpha value is -3.87. The van der Waals surface area contributed by atoms with Crippen LogP contribution >= 0.6 is 0 Å². The lowest BCUT2D eigenvalue weighted by Crippen LogP contribution is -2.25. The summed E-state index contributed by atoms with van der Waals surface area (Å²) in [5.74, 6) is -0.900. The molecule has 33 heavy (non-hydrogen) atoms. The second-order valence-electron chi connectivity index (χ2n) is 8.30. The number of benzene rings is 2. The van der Waals surface area contributed by atoms with E-state index in [2.05, 4.69) is 15.3 Å². The normalized spacial score (nSPS) is 13.2.